The minimum Gasteiger partial charge on any atom is -0.378 e. The van der Waals surface area contributed by atoms with E-state index in [1.165, 1.54) is 51.7 Å². The fraction of sp³-hybridized carbons (Fsp3) is 0.950. The Hall–Kier alpha value is -0.810. The lowest BCUT2D eigenvalue weighted by Crippen LogP contribution is -2.69. The van der Waals surface area contributed by atoms with Gasteiger partial charge in [0, 0.05) is 50.8 Å². The van der Waals surface area contributed by atoms with Gasteiger partial charge in [-0.15, -0.1) is 0 Å². The van der Waals surface area contributed by atoms with Crippen LogP contribution in [0.3, 0.4) is 0 Å². The van der Waals surface area contributed by atoms with Crippen LogP contribution in [0.1, 0.15) is 59.3 Å². The number of likely N-dealkylation sites (tertiary alicyclic amines) is 1. The SMILES string of the molecule is CCOC1CC(NC(=NC)NC2CCN(CC(C)C)CC2)C12CCC2. The number of piperidine rings is 1. The molecule has 144 valence electrons. The Bertz CT molecular complexity index is 453. The molecule has 0 radical (unpaired) electrons. The average Bonchev–Trinajstić information content (AvgIpc) is 2.52. The monoisotopic (exact) mass is 350 g/mol. The van der Waals surface area contributed by atoms with Gasteiger partial charge in [-0.3, -0.25) is 4.99 Å². The van der Waals surface area contributed by atoms with Crippen LogP contribution in [0.25, 0.3) is 0 Å². The summed E-state index contributed by atoms with van der Waals surface area (Å²) in [5, 5.41) is 7.40. The van der Waals surface area contributed by atoms with Crippen LogP contribution in [0.2, 0.25) is 0 Å². The highest BCUT2D eigenvalue weighted by Crippen LogP contribution is 2.57. The molecule has 2 saturated carbocycles. The molecule has 3 fully saturated rings. The van der Waals surface area contributed by atoms with Crippen LogP contribution in [0.5, 0.6) is 0 Å². The highest BCUT2D eigenvalue weighted by atomic mass is 16.5. The third-order valence-electron chi connectivity index (χ3n) is 6.52. The van der Waals surface area contributed by atoms with Crippen LogP contribution >= 0.6 is 0 Å². The van der Waals surface area contributed by atoms with Gasteiger partial charge in [0.1, 0.15) is 0 Å². The number of aliphatic imine (C=N–C) groups is 1. The molecule has 0 bridgehead atoms. The molecule has 1 heterocycles. The third kappa shape index (κ3) is 4.13. The number of rotatable bonds is 6. The number of hydrogen-bond donors (Lipinski definition) is 2. The lowest BCUT2D eigenvalue weighted by atomic mass is 9.51. The van der Waals surface area contributed by atoms with Crippen molar-refractivity contribution in [1.29, 1.82) is 0 Å². The Morgan fingerprint density at radius 3 is 2.48 bits per heavy atom. The van der Waals surface area contributed by atoms with Crippen molar-refractivity contribution in [3.63, 3.8) is 0 Å². The molecular formula is C20H38N4O. The van der Waals surface area contributed by atoms with Crippen LogP contribution in [-0.4, -0.2) is 62.3 Å². The maximum absolute atomic E-state index is 5.97. The van der Waals surface area contributed by atoms with Gasteiger partial charge in [-0.2, -0.15) is 0 Å². The van der Waals surface area contributed by atoms with Crippen LogP contribution in [0.15, 0.2) is 4.99 Å². The first-order chi connectivity index (χ1) is 12.1. The highest BCUT2D eigenvalue weighted by Gasteiger charge is 2.59. The fourth-order valence-electron chi connectivity index (χ4n) is 4.95. The number of nitrogens with zero attached hydrogens (tertiary/aromatic N) is 2. The van der Waals surface area contributed by atoms with Gasteiger partial charge in [0.05, 0.1) is 6.10 Å². The Labute approximate surface area is 154 Å². The molecule has 1 spiro atoms. The van der Waals surface area contributed by atoms with Crippen molar-refractivity contribution in [1.82, 2.24) is 15.5 Å². The minimum atomic E-state index is 0.383. The molecule has 3 aliphatic rings. The molecule has 2 unspecified atom stereocenters. The van der Waals surface area contributed by atoms with Gasteiger partial charge in [0.25, 0.3) is 0 Å². The van der Waals surface area contributed by atoms with Crippen molar-refractivity contribution in [2.75, 3.05) is 33.3 Å². The lowest BCUT2D eigenvalue weighted by Gasteiger charge is -2.61. The summed E-state index contributed by atoms with van der Waals surface area (Å²) in [4.78, 5) is 7.10. The van der Waals surface area contributed by atoms with Crippen LogP contribution < -0.4 is 10.6 Å². The van der Waals surface area contributed by atoms with Crippen LogP contribution in [-0.2, 0) is 4.74 Å². The largest absolute Gasteiger partial charge is 0.378 e. The van der Waals surface area contributed by atoms with Crippen molar-refractivity contribution in [3.8, 4) is 0 Å². The molecule has 2 atom stereocenters. The van der Waals surface area contributed by atoms with E-state index < -0.39 is 0 Å². The molecule has 3 rings (SSSR count). The predicted octanol–water partition coefficient (Wildman–Crippen LogP) is 2.62. The van der Waals surface area contributed by atoms with E-state index in [9.17, 15) is 0 Å². The molecule has 1 aliphatic heterocycles. The second-order valence-electron chi connectivity index (χ2n) is 8.65. The second kappa shape index (κ2) is 8.26. The first-order valence-corrected chi connectivity index (χ1v) is 10.4. The summed E-state index contributed by atoms with van der Waals surface area (Å²) >= 11 is 0. The summed E-state index contributed by atoms with van der Waals surface area (Å²) in [5.74, 6) is 1.75. The molecule has 2 aliphatic carbocycles. The molecule has 25 heavy (non-hydrogen) atoms. The Kier molecular flexibility index (Phi) is 6.26. The normalized spacial score (nSPS) is 30.2. The molecule has 0 aromatic carbocycles. The topological polar surface area (TPSA) is 48.9 Å². The maximum Gasteiger partial charge on any atom is 0.191 e. The number of hydrogen-bond acceptors (Lipinski definition) is 3. The van der Waals surface area contributed by atoms with Gasteiger partial charge in [-0.1, -0.05) is 20.3 Å². The predicted molar refractivity (Wildman–Crippen MR) is 104 cm³/mol. The summed E-state index contributed by atoms with van der Waals surface area (Å²) in [6, 6.07) is 1.08. The smallest absolute Gasteiger partial charge is 0.191 e. The molecule has 0 aromatic rings. The van der Waals surface area contributed by atoms with Crippen molar-refractivity contribution >= 4 is 5.96 Å². The molecule has 5 nitrogen and oxygen atoms in total. The summed E-state index contributed by atoms with van der Waals surface area (Å²) in [6.45, 7) is 11.2. The van der Waals surface area contributed by atoms with E-state index in [1.807, 2.05) is 7.05 Å². The van der Waals surface area contributed by atoms with E-state index in [0.29, 0.717) is 23.6 Å². The second-order valence-corrected chi connectivity index (χ2v) is 8.65. The van der Waals surface area contributed by atoms with Crippen molar-refractivity contribution in [2.24, 2.45) is 16.3 Å². The number of guanidine groups is 1. The van der Waals surface area contributed by atoms with Gasteiger partial charge in [0.15, 0.2) is 5.96 Å². The molecule has 1 saturated heterocycles. The fourth-order valence-corrected chi connectivity index (χ4v) is 4.95. The molecule has 2 N–H and O–H groups in total. The quantitative estimate of drug-likeness (QED) is 0.571. The van der Waals surface area contributed by atoms with Gasteiger partial charge >= 0.3 is 0 Å². The number of nitrogens with one attached hydrogen (secondary N) is 2. The van der Waals surface area contributed by atoms with Gasteiger partial charge < -0.3 is 20.3 Å². The first kappa shape index (κ1) is 19.0. The zero-order valence-corrected chi connectivity index (χ0v) is 16.7. The Morgan fingerprint density at radius 2 is 1.96 bits per heavy atom. The van der Waals surface area contributed by atoms with E-state index in [0.717, 1.165) is 24.9 Å². The highest BCUT2D eigenvalue weighted by molar-refractivity contribution is 5.80. The standard InChI is InChI=1S/C20H38N4O/c1-5-25-18-13-17(20(18)9-6-10-20)23-19(21-4)22-16-7-11-24(12-8-16)14-15(2)3/h15-18H,5-14H2,1-4H3,(H2,21,22,23). The Morgan fingerprint density at radius 1 is 1.24 bits per heavy atom. The Balaban J connectivity index is 1.45. The van der Waals surface area contributed by atoms with E-state index in [2.05, 4.69) is 41.3 Å². The zero-order valence-electron chi connectivity index (χ0n) is 16.7. The summed E-state index contributed by atoms with van der Waals surface area (Å²) < 4.78 is 5.97. The maximum atomic E-state index is 5.97. The van der Waals surface area contributed by atoms with E-state index >= 15 is 0 Å². The zero-order chi connectivity index (χ0) is 17.9. The molecular weight excluding hydrogens is 312 g/mol. The average molecular weight is 351 g/mol. The molecule has 5 heteroatoms. The van der Waals surface area contributed by atoms with E-state index in [4.69, 9.17) is 4.74 Å². The van der Waals surface area contributed by atoms with Crippen LogP contribution in [0, 0.1) is 11.3 Å². The van der Waals surface area contributed by atoms with Crippen molar-refractivity contribution in [3.05, 3.63) is 0 Å². The van der Waals surface area contributed by atoms with Crippen molar-refractivity contribution in [2.45, 2.75) is 77.5 Å². The lowest BCUT2D eigenvalue weighted by molar-refractivity contribution is -0.168. The minimum absolute atomic E-state index is 0.383. The summed E-state index contributed by atoms with van der Waals surface area (Å²) in [5.41, 5.74) is 0.383. The first-order valence-electron chi connectivity index (χ1n) is 10.4. The third-order valence-corrected chi connectivity index (χ3v) is 6.52. The van der Waals surface area contributed by atoms with E-state index in [1.54, 1.807) is 0 Å². The van der Waals surface area contributed by atoms with Crippen molar-refractivity contribution < 1.29 is 4.74 Å². The van der Waals surface area contributed by atoms with Gasteiger partial charge in [0.2, 0.25) is 0 Å². The van der Waals surface area contributed by atoms with E-state index in [-0.39, 0.29) is 0 Å². The van der Waals surface area contributed by atoms with Gasteiger partial charge in [-0.25, -0.2) is 0 Å². The van der Waals surface area contributed by atoms with Crippen LogP contribution in [0.4, 0.5) is 0 Å². The summed E-state index contributed by atoms with van der Waals surface area (Å²) in [6.07, 6.45) is 7.97. The molecule has 0 amide bonds. The van der Waals surface area contributed by atoms with Gasteiger partial charge in [-0.05, 0) is 44.9 Å². The number of ether oxygens (including phenoxy) is 1. The summed E-state index contributed by atoms with van der Waals surface area (Å²) in [7, 11) is 1.90. The molecule has 0 aromatic heterocycles.